The number of hydrogen-bond donors (Lipinski definition) is 1. The molecule has 1 N–H and O–H groups in total. The molecule has 2 unspecified atom stereocenters. The maximum absolute atomic E-state index is 10.5. The summed E-state index contributed by atoms with van der Waals surface area (Å²) in [5.74, 6) is 0.836. The van der Waals surface area contributed by atoms with E-state index in [0.717, 1.165) is 17.9 Å². The Balaban J connectivity index is 1.85. The van der Waals surface area contributed by atoms with Crippen LogP contribution in [0.2, 0.25) is 0 Å². The van der Waals surface area contributed by atoms with Crippen molar-refractivity contribution in [3.63, 3.8) is 0 Å². The van der Waals surface area contributed by atoms with Gasteiger partial charge in [-0.2, -0.15) is 0 Å². The molecule has 2 aliphatic rings. The Morgan fingerprint density at radius 3 is 2.82 bits per heavy atom. The van der Waals surface area contributed by atoms with E-state index < -0.39 is 6.10 Å². The summed E-state index contributed by atoms with van der Waals surface area (Å²) in [6, 6.07) is 8.58. The Kier molecular flexibility index (Phi) is 2.81. The number of aliphatic hydroxyl groups excluding tert-OH is 1. The van der Waals surface area contributed by atoms with Crippen molar-refractivity contribution < 1.29 is 9.84 Å². The lowest BCUT2D eigenvalue weighted by molar-refractivity contribution is 0.00164. The maximum atomic E-state index is 10.5. The molecule has 1 aliphatic carbocycles. The zero-order valence-electron chi connectivity index (χ0n) is 10.2. The van der Waals surface area contributed by atoms with Crippen molar-refractivity contribution >= 4 is 0 Å². The van der Waals surface area contributed by atoms with Crippen LogP contribution in [0.1, 0.15) is 31.4 Å². The van der Waals surface area contributed by atoms with Crippen LogP contribution in [0.5, 0.6) is 5.75 Å². The van der Waals surface area contributed by atoms with Gasteiger partial charge in [-0.15, -0.1) is 0 Å². The molecule has 17 heavy (non-hydrogen) atoms. The summed E-state index contributed by atoms with van der Waals surface area (Å²) in [6.45, 7) is 3.74. The van der Waals surface area contributed by atoms with E-state index in [-0.39, 0.29) is 6.04 Å². The molecule has 0 spiro atoms. The molecule has 1 aromatic rings. The number of para-hydroxylation sites is 1. The van der Waals surface area contributed by atoms with Gasteiger partial charge in [-0.1, -0.05) is 25.1 Å². The molecular formula is C14H19NO2. The predicted octanol–water partition coefficient (Wildman–Crippen LogP) is 1.97. The SMILES string of the molecule is CCN(C1CC1)C1COc2ccccc2C1O. The van der Waals surface area contributed by atoms with Gasteiger partial charge in [-0.3, -0.25) is 4.90 Å². The summed E-state index contributed by atoms with van der Waals surface area (Å²) in [5, 5.41) is 10.5. The molecule has 0 aromatic heterocycles. The fourth-order valence-electron chi connectivity index (χ4n) is 2.78. The van der Waals surface area contributed by atoms with Crippen molar-refractivity contribution in [1.29, 1.82) is 0 Å². The van der Waals surface area contributed by atoms with Crippen molar-refractivity contribution in [1.82, 2.24) is 4.90 Å². The fourth-order valence-corrected chi connectivity index (χ4v) is 2.78. The van der Waals surface area contributed by atoms with E-state index in [1.54, 1.807) is 0 Å². The Morgan fingerprint density at radius 1 is 1.35 bits per heavy atom. The van der Waals surface area contributed by atoms with E-state index in [4.69, 9.17) is 4.74 Å². The number of hydrogen-bond acceptors (Lipinski definition) is 3. The van der Waals surface area contributed by atoms with Crippen LogP contribution < -0.4 is 4.74 Å². The number of rotatable bonds is 3. The first-order chi connectivity index (χ1) is 8.31. The van der Waals surface area contributed by atoms with Crippen LogP contribution in [0.4, 0.5) is 0 Å². The summed E-state index contributed by atoms with van der Waals surface area (Å²) in [6.07, 6.45) is 2.11. The Labute approximate surface area is 102 Å². The van der Waals surface area contributed by atoms with E-state index in [1.807, 2.05) is 24.3 Å². The average molecular weight is 233 g/mol. The molecule has 3 heteroatoms. The standard InChI is InChI=1S/C14H19NO2/c1-2-15(10-7-8-10)12-9-17-13-6-4-3-5-11(13)14(12)16/h3-6,10,12,14,16H,2,7-9H2,1H3. The minimum absolute atomic E-state index is 0.113. The summed E-state index contributed by atoms with van der Waals surface area (Å²) in [5.41, 5.74) is 0.933. The van der Waals surface area contributed by atoms with Gasteiger partial charge in [0.2, 0.25) is 0 Å². The number of ether oxygens (including phenoxy) is 1. The van der Waals surface area contributed by atoms with Gasteiger partial charge in [0.15, 0.2) is 0 Å². The first kappa shape index (κ1) is 11.1. The Bertz CT molecular complexity index is 403. The van der Waals surface area contributed by atoms with Crippen LogP contribution >= 0.6 is 0 Å². The summed E-state index contributed by atoms with van der Waals surface area (Å²) < 4.78 is 5.77. The van der Waals surface area contributed by atoms with Crippen LogP contribution in [-0.2, 0) is 0 Å². The highest BCUT2D eigenvalue weighted by Crippen LogP contribution is 2.38. The van der Waals surface area contributed by atoms with E-state index in [9.17, 15) is 5.11 Å². The summed E-state index contributed by atoms with van der Waals surface area (Å²) >= 11 is 0. The minimum atomic E-state index is -0.416. The largest absolute Gasteiger partial charge is 0.491 e. The highest BCUT2D eigenvalue weighted by molar-refractivity contribution is 5.37. The molecule has 1 fully saturated rings. The van der Waals surface area contributed by atoms with Crippen LogP contribution in [0.3, 0.4) is 0 Å². The number of fused-ring (bicyclic) bond motifs is 1. The Hall–Kier alpha value is -1.06. The first-order valence-electron chi connectivity index (χ1n) is 6.46. The molecule has 0 saturated heterocycles. The minimum Gasteiger partial charge on any atom is -0.491 e. The lowest BCUT2D eigenvalue weighted by Crippen LogP contribution is -2.46. The van der Waals surface area contributed by atoms with E-state index >= 15 is 0 Å². The molecule has 1 heterocycles. The number of nitrogens with zero attached hydrogens (tertiary/aromatic N) is 1. The molecule has 1 saturated carbocycles. The van der Waals surface area contributed by atoms with Gasteiger partial charge >= 0.3 is 0 Å². The molecule has 92 valence electrons. The third kappa shape index (κ3) is 1.94. The van der Waals surface area contributed by atoms with E-state index in [2.05, 4.69) is 11.8 Å². The summed E-state index contributed by atoms with van der Waals surface area (Å²) in [4.78, 5) is 2.39. The lowest BCUT2D eigenvalue weighted by atomic mass is 9.98. The predicted molar refractivity (Wildman–Crippen MR) is 66.1 cm³/mol. The molecule has 0 bridgehead atoms. The zero-order chi connectivity index (χ0) is 11.8. The van der Waals surface area contributed by atoms with E-state index in [0.29, 0.717) is 12.6 Å². The number of aliphatic hydroxyl groups is 1. The van der Waals surface area contributed by atoms with Gasteiger partial charge in [-0.05, 0) is 25.5 Å². The topological polar surface area (TPSA) is 32.7 Å². The molecule has 3 rings (SSSR count). The highest BCUT2D eigenvalue weighted by atomic mass is 16.5. The first-order valence-corrected chi connectivity index (χ1v) is 6.46. The smallest absolute Gasteiger partial charge is 0.125 e. The second-order valence-corrected chi connectivity index (χ2v) is 4.92. The quantitative estimate of drug-likeness (QED) is 0.866. The van der Waals surface area contributed by atoms with Crippen LogP contribution in [0.15, 0.2) is 24.3 Å². The van der Waals surface area contributed by atoms with Gasteiger partial charge < -0.3 is 9.84 Å². The highest BCUT2D eigenvalue weighted by Gasteiger charge is 2.39. The zero-order valence-corrected chi connectivity index (χ0v) is 10.2. The molecule has 1 aromatic carbocycles. The molecule has 1 aliphatic heterocycles. The van der Waals surface area contributed by atoms with E-state index in [1.165, 1.54) is 12.8 Å². The second kappa shape index (κ2) is 4.31. The van der Waals surface area contributed by atoms with Crippen LogP contribution in [-0.4, -0.2) is 35.2 Å². The molecule has 2 atom stereocenters. The van der Waals surface area contributed by atoms with Crippen molar-refractivity contribution in [3.8, 4) is 5.75 Å². The van der Waals surface area contributed by atoms with Gasteiger partial charge in [0.25, 0.3) is 0 Å². The average Bonchev–Trinajstić information content (AvgIpc) is 3.18. The van der Waals surface area contributed by atoms with Gasteiger partial charge in [0, 0.05) is 11.6 Å². The summed E-state index contributed by atoms with van der Waals surface area (Å²) in [7, 11) is 0. The third-order valence-corrected chi connectivity index (χ3v) is 3.82. The number of benzene rings is 1. The van der Waals surface area contributed by atoms with Crippen molar-refractivity contribution in [3.05, 3.63) is 29.8 Å². The fraction of sp³-hybridized carbons (Fsp3) is 0.571. The van der Waals surface area contributed by atoms with Gasteiger partial charge in [-0.25, -0.2) is 0 Å². The molecular weight excluding hydrogens is 214 g/mol. The second-order valence-electron chi connectivity index (χ2n) is 4.92. The van der Waals surface area contributed by atoms with Crippen LogP contribution in [0, 0.1) is 0 Å². The maximum Gasteiger partial charge on any atom is 0.125 e. The number of likely N-dealkylation sites (N-methyl/N-ethyl adjacent to an activating group) is 1. The molecule has 3 nitrogen and oxygen atoms in total. The molecule has 0 radical (unpaired) electrons. The normalized spacial score (nSPS) is 27.7. The van der Waals surface area contributed by atoms with Crippen LogP contribution in [0.25, 0.3) is 0 Å². The lowest BCUT2D eigenvalue weighted by Gasteiger charge is -2.38. The Morgan fingerprint density at radius 2 is 2.12 bits per heavy atom. The third-order valence-electron chi connectivity index (χ3n) is 3.82. The van der Waals surface area contributed by atoms with Crippen molar-refractivity contribution in [2.75, 3.05) is 13.2 Å². The van der Waals surface area contributed by atoms with Gasteiger partial charge in [0.1, 0.15) is 18.5 Å². The van der Waals surface area contributed by atoms with Crippen molar-refractivity contribution in [2.45, 2.75) is 38.0 Å². The van der Waals surface area contributed by atoms with Gasteiger partial charge in [0.05, 0.1) is 6.04 Å². The van der Waals surface area contributed by atoms with Crippen molar-refractivity contribution in [2.24, 2.45) is 0 Å². The molecule has 0 amide bonds. The monoisotopic (exact) mass is 233 g/mol.